The maximum Gasteiger partial charge on any atom is 0.416 e. The first-order valence-electron chi connectivity index (χ1n) is 9.28. The van der Waals surface area contributed by atoms with Gasteiger partial charge in [-0.25, -0.2) is 9.97 Å². The highest BCUT2D eigenvalue weighted by molar-refractivity contribution is 5.93. The van der Waals surface area contributed by atoms with Crippen LogP contribution in [0.5, 0.6) is 0 Å². The molecule has 1 amide bonds. The van der Waals surface area contributed by atoms with E-state index in [1.165, 1.54) is 31.6 Å². The van der Waals surface area contributed by atoms with Gasteiger partial charge >= 0.3 is 6.18 Å². The van der Waals surface area contributed by atoms with Gasteiger partial charge in [0.05, 0.1) is 11.8 Å². The molecule has 0 spiro atoms. The molecule has 0 saturated heterocycles. The van der Waals surface area contributed by atoms with E-state index in [2.05, 4.69) is 25.3 Å². The summed E-state index contributed by atoms with van der Waals surface area (Å²) >= 11 is 0. The smallest absolute Gasteiger partial charge is 0.351 e. The lowest BCUT2D eigenvalue weighted by atomic mass is 10.1. The van der Waals surface area contributed by atoms with E-state index in [0.717, 1.165) is 18.3 Å². The number of aromatic amines is 1. The molecule has 2 heterocycles. The fraction of sp³-hybridized carbons (Fsp3) is 0.350. The van der Waals surface area contributed by atoms with Crippen molar-refractivity contribution < 1.29 is 18.0 Å². The third kappa shape index (κ3) is 7.26. The van der Waals surface area contributed by atoms with Crippen LogP contribution in [0.2, 0.25) is 0 Å². The van der Waals surface area contributed by atoms with Crippen molar-refractivity contribution in [2.24, 2.45) is 5.92 Å². The lowest BCUT2D eigenvalue weighted by molar-refractivity contribution is -0.0883. The third-order valence-electron chi connectivity index (χ3n) is 3.68. The Morgan fingerprint density at radius 1 is 1.23 bits per heavy atom. The lowest BCUT2D eigenvalue weighted by Gasteiger charge is -2.10. The van der Waals surface area contributed by atoms with Crippen LogP contribution >= 0.6 is 0 Å². The monoisotopic (exact) mass is 423 g/mol. The number of rotatable bonds is 6. The number of amides is 1. The highest BCUT2D eigenvalue weighted by Gasteiger charge is 2.30. The van der Waals surface area contributed by atoms with Gasteiger partial charge in [-0.05, 0) is 12.8 Å². The van der Waals surface area contributed by atoms with Crippen molar-refractivity contribution >= 4 is 5.91 Å². The number of carbonyl (C=O) groups is 1. The average molecular weight is 423 g/mol. The van der Waals surface area contributed by atoms with Crippen molar-refractivity contribution in [2.75, 3.05) is 6.54 Å². The Labute approximate surface area is 172 Å². The van der Waals surface area contributed by atoms with E-state index in [-0.39, 0.29) is 23.9 Å². The molecule has 1 unspecified atom stereocenters. The number of H-pyrrole nitrogens is 1. The summed E-state index contributed by atoms with van der Waals surface area (Å²) in [7, 11) is 0. The fourth-order valence-electron chi connectivity index (χ4n) is 2.15. The molecule has 0 aromatic carbocycles. The largest absolute Gasteiger partial charge is 0.416 e. The number of nitrogens with zero attached hydrogens (tertiary/aromatic N) is 3. The summed E-state index contributed by atoms with van der Waals surface area (Å²) in [6.07, 6.45) is 4.25. The molecule has 1 atom stereocenters. The van der Waals surface area contributed by atoms with Gasteiger partial charge < -0.3 is 10.3 Å². The van der Waals surface area contributed by atoms with Crippen molar-refractivity contribution in [3.05, 3.63) is 64.5 Å². The first-order valence-corrected chi connectivity index (χ1v) is 9.28. The van der Waals surface area contributed by atoms with E-state index in [0.29, 0.717) is 5.69 Å². The number of halogens is 3. The second-order valence-electron chi connectivity index (χ2n) is 5.85. The minimum Gasteiger partial charge on any atom is -0.351 e. The summed E-state index contributed by atoms with van der Waals surface area (Å²) in [5.41, 5.74) is -1.31. The van der Waals surface area contributed by atoms with Crippen LogP contribution in [-0.2, 0) is 0 Å². The van der Waals surface area contributed by atoms with Gasteiger partial charge in [-0.15, -0.1) is 0 Å². The minimum atomic E-state index is -4.43. The number of carbonyl (C=O) groups excluding carboxylic acids is 1. The van der Waals surface area contributed by atoms with E-state index < -0.39 is 23.2 Å². The van der Waals surface area contributed by atoms with E-state index in [1.54, 1.807) is 6.92 Å². The molecule has 0 radical (unpaired) electrons. The first-order chi connectivity index (χ1) is 14.2. The zero-order valence-corrected chi connectivity index (χ0v) is 17.1. The van der Waals surface area contributed by atoms with E-state index in [9.17, 15) is 22.8 Å². The van der Waals surface area contributed by atoms with E-state index in [4.69, 9.17) is 0 Å². The van der Waals surface area contributed by atoms with Gasteiger partial charge in [0.25, 0.3) is 11.5 Å². The summed E-state index contributed by atoms with van der Waals surface area (Å²) in [6, 6.07) is 0. The molecular formula is C20H24F3N5O2. The Morgan fingerprint density at radius 3 is 2.47 bits per heavy atom. The van der Waals surface area contributed by atoms with Crippen LogP contribution in [-0.4, -0.2) is 38.6 Å². The number of alkyl halides is 3. The molecule has 2 aromatic heterocycles. The van der Waals surface area contributed by atoms with Gasteiger partial charge in [0.2, 0.25) is 0 Å². The topological polar surface area (TPSA) is 101 Å². The Morgan fingerprint density at radius 2 is 1.93 bits per heavy atom. The molecule has 10 heteroatoms. The van der Waals surface area contributed by atoms with Gasteiger partial charge in [-0.1, -0.05) is 39.0 Å². The second-order valence-corrected chi connectivity index (χ2v) is 5.85. The molecule has 30 heavy (non-hydrogen) atoms. The number of hydrogen-bond donors (Lipinski definition) is 2. The van der Waals surface area contributed by atoms with Gasteiger partial charge in [-0.2, -0.15) is 13.2 Å². The Balaban J connectivity index is 0.00000218. The zero-order chi connectivity index (χ0) is 22.7. The van der Waals surface area contributed by atoms with Gasteiger partial charge in [0.15, 0.2) is 5.82 Å². The van der Waals surface area contributed by atoms with E-state index >= 15 is 0 Å². The maximum absolute atomic E-state index is 12.7. The lowest BCUT2D eigenvalue weighted by Crippen LogP contribution is -2.32. The molecule has 0 aliphatic heterocycles. The number of allylic oxidation sites excluding steroid dienone is 3. The molecule has 162 valence electrons. The second kappa shape index (κ2) is 11.6. The van der Waals surface area contributed by atoms with Crippen LogP contribution < -0.4 is 10.9 Å². The fourth-order valence-corrected chi connectivity index (χ4v) is 2.15. The number of hydrogen-bond acceptors (Lipinski definition) is 5. The molecule has 0 aliphatic carbocycles. The standard InChI is InChI=1S/C18H18F3N5O2.C2H6/c1-3-12(18(19,20)21)5-4-11(2)8-25-16(27)13-9-24-15(26-17(13)28)14-10-22-6-7-23-14;1-2/h3-7,9-11H,8H2,1-2H3,(H,25,27)(H,24,26,28);1-2H3/b5-4-,12-3+;. The Hall–Kier alpha value is -3.30. The Kier molecular flexibility index (Phi) is 9.60. The predicted octanol–water partition coefficient (Wildman–Crippen LogP) is 3.68. The molecule has 7 nitrogen and oxygen atoms in total. The van der Waals surface area contributed by atoms with Crippen LogP contribution in [0.3, 0.4) is 0 Å². The number of nitrogens with one attached hydrogen (secondary N) is 2. The minimum absolute atomic E-state index is 0.0511. The summed E-state index contributed by atoms with van der Waals surface area (Å²) < 4.78 is 38.0. The van der Waals surface area contributed by atoms with Gasteiger partial charge in [0.1, 0.15) is 11.3 Å². The van der Waals surface area contributed by atoms with Crippen LogP contribution in [0.1, 0.15) is 38.1 Å². The molecule has 2 N–H and O–H groups in total. The third-order valence-corrected chi connectivity index (χ3v) is 3.68. The van der Waals surface area contributed by atoms with Crippen LogP contribution in [0.4, 0.5) is 13.2 Å². The van der Waals surface area contributed by atoms with Crippen LogP contribution in [0, 0.1) is 5.92 Å². The van der Waals surface area contributed by atoms with Crippen molar-refractivity contribution in [1.82, 2.24) is 25.3 Å². The SMILES string of the molecule is C/C=C(\C=C/C(C)CNC(=O)c1cnc(-c2cnccn2)[nH]c1=O)C(F)(F)F.CC. The maximum atomic E-state index is 12.7. The molecule has 0 saturated carbocycles. The quantitative estimate of drug-likeness (QED) is 0.691. The highest BCUT2D eigenvalue weighted by atomic mass is 19.4. The normalized spacial score (nSPS) is 12.8. The average Bonchev–Trinajstić information content (AvgIpc) is 2.73. The first kappa shape index (κ1) is 24.7. The van der Waals surface area contributed by atoms with Crippen LogP contribution in [0.15, 0.2) is 53.4 Å². The zero-order valence-electron chi connectivity index (χ0n) is 17.1. The molecule has 0 fully saturated rings. The van der Waals surface area contributed by atoms with Gasteiger partial charge in [0, 0.05) is 25.1 Å². The van der Waals surface area contributed by atoms with E-state index in [1.807, 2.05) is 13.8 Å². The molecule has 2 aromatic rings. The molecular weight excluding hydrogens is 399 g/mol. The summed E-state index contributed by atoms with van der Waals surface area (Å²) in [5, 5.41) is 2.50. The highest BCUT2D eigenvalue weighted by Crippen LogP contribution is 2.26. The van der Waals surface area contributed by atoms with Crippen molar-refractivity contribution in [1.29, 1.82) is 0 Å². The van der Waals surface area contributed by atoms with Crippen molar-refractivity contribution in [3.63, 3.8) is 0 Å². The molecule has 2 rings (SSSR count). The number of aromatic nitrogens is 4. The van der Waals surface area contributed by atoms with Gasteiger partial charge in [-0.3, -0.25) is 14.6 Å². The predicted molar refractivity (Wildman–Crippen MR) is 108 cm³/mol. The molecule has 0 aliphatic rings. The van der Waals surface area contributed by atoms with Crippen LogP contribution in [0.25, 0.3) is 11.5 Å². The molecule has 0 bridgehead atoms. The van der Waals surface area contributed by atoms with Crippen molar-refractivity contribution in [3.8, 4) is 11.5 Å². The Bertz CT molecular complexity index is 937. The summed E-state index contributed by atoms with van der Waals surface area (Å²) in [6.45, 7) is 6.99. The summed E-state index contributed by atoms with van der Waals surface area (Å²) in [5.74, 6) is -0.897. The summed E-state index contributed by atoms with van der Waals surface area (Å²) in [4.78, 5) is 38.6. The van der Waals surface area contributed by atoms with Crippen molar-refractivity contribution in [2.45, 2.75) is 33.9 Å².